The molecular weight excluding hydrogens is 1100 g/mol. The first-order chi connectivity index (χ1) is 44.6. The summed E-state index contributed by atoms with van der Waals surface area (Å²) in [6.07, 6.45) is 0. The number of benzene rings is 13. The van der Waals surface area contributed by atoms with Crippen LogP contribution in [0.4, 0.5) is 0 Å². The molecule has 9 heteroatoms. The topological polar surface area (TPSA) is 68.2 Å². The Morgan fingerprint density at radius 1 is 0.167 bits per heavy atom. The van der Waals surface area contributed by atoms with Crippen LogP contribution in [0, 0.1) is 0 Å². The molecule has 0 aliphatic heterocycles. The highest BCUT2D eigenvalue weighted by atomic mass is 15.1. The molecule has 6 heterocycles. The Bertz CT molecular complexity index is 5320. The molecule has 19 aromatic rings. The number of hydrogen-bond acceptors (Lipinski definition) is 3. The number of fused-ring (bicyclic) bond motifs is 12. The zero-order valence-corrected chi connectivity index (χ0v) is 48.5. The van der Waals surface area contributed by atoms with E-state index in [1.54, 1.807) is 0 Å². The Kier molecular flexibility index (Phi) is 10.9. The molecule has 0 saturated carbocycles. The van der Waals surface area contributed by atoms with Gasteiger partial charge < -0.3 is 13.7 Å². The number of para-hydroxylation sites is 12. The molecule has 0 radical (unpaired) electrons. The summed E-state index contributed by atoms with van der Waals surface area (Å²) >= 11 is 0. The molecule has 0 aliphatic rings. The van der Waals surface area contributed by atoms with Crippen LogP contribution < -0.4 is 0 Å². The van der Waals surface area contributed by atoms with Gasteiger partial charge in [0.1, 0.15) is 17.5 Å². The summed E-state index contributed by atoms with van der Waals surface area (Å²) in [5.74, 6) is 2.38. The zero-order chi connectivity index (χ0) is 59.0. The van der Waals surface area contributed by atoms with Gasteiger partial charge in [-0.3, -0.25) is 13.7 Å². The van der Waals surface area contributed by atoms with Gasteiger partial charge in [0.05, 0.1) is 66.2 Å². The van der Waals surface area contributed by atoms with Crippen LogP contribution in [0.15, 0.2) is 309 Å². The fourth-order valence-corrected chi connectivity index (χ4v) is 14.3. The Hall–Kier alpha value is -12.3. The van der Waals surface area contributed by atoms with Gasteiger partial charge in [-0.15, -0.1) is 0 Å². The first kappa shape index (κ1) is 49.9. The van der Waals surface area contributed by atoms with Crippen molar-refractivity contribution in [3.63, 3.8) is 0 Å². The molecule has 0 unspecified atom stereocenters. The summed E-state index contributed by atoms with van der Waals surface area (Å²) < 4.78 is 14.0. The normalized spacial score (nSPS) is 12.0. The molecule has 420 valence electrons. The van der Waals surface area contributed by atoms with Crippen molar-refractivity contribution in [2.24, 2.45) is 0 Å². The van der Waals surface area contributed by atoms with Crippen molar-refractivity contribution in [1.29, 1.82) is 0 Å². The molecule has 0 amide bonds. The number of hydrogen-bond donors (Lipinski definition) is 0. The molecular formula is C81H51N9. The van der Waals surface area contributed by atoms with E-state index in [4.69, 9.17) is 15.0 Å². The summed E-state index contributed by atoms with van der Waals surface area (Å²) in [6.45, 7) is 0. The van der Waals surface area contributed by atoms with E-state index in [2.05, 4.69) is 337 Å². The second-order valence-corrected chi connectivity index (χ2v) is 23.2. The largest absolute Gasteiger partial charge is 0.309 e. The van der Waals surface area contributed by atoms with Gasteiger partial charge >= 0.3 is 0 Å². The highest BCUT2D eigenvalue weighted by Crippen LogP contribution is 2.42. The maximum atomic E-state index is 5.58. The van der Waals surface area contributed by atoms with E-state index in [-0.39, 0.29) is 0 Å². The van der Waals surface area contributed by atoms with Gasteiger partial charge in [-0.1, -0.05) is 146 Å². The minimum absolute atomic E-state index is 0.792. The molecule has 0 aliphatic carbocycles. The third-order valence-corrected chi connectivity index (χ3v) is 18.2. The van der Waals surface area contributed by atoms with Crippen LogP contribution in [0.5, 0.6) is 0 Å². The third-order valence-electron chi connectivity index (χ3n) is 18.2. The number of rotatable bonds is 9. The van der Waals surface area contributed by atoms with E-state index in [0.29, 0.717) is 0 Å². The highest BCUT2D eigenvalue weighted by Gasteiger charge is 2.24. The summed E-state index contributed by atoms with van der Waals surface area (Å²) in [5, 5.41) is 7.36. The van der Waals surface area contributed by atoms with Gasteiger partial charge in [-0.2, -0.15) is 0 Å². The lowest BCUT2D eigenvalue weighted by molar-refractivity contribution is 1.08. The van der Waals surface area contributed by atoms with Crippen molar-refractivity contribution >= 4 is 98.5 Å². The number of aromatic nitrogens is 9. The monoisotopic (exact) mass is 1150 g/mol. The molecule has 0 N–H and O–H groups in total. The fraction of sp³-hybridized carbons (Fsp3) is 0. The molecule has 90 heavy (non-hydrogen) atoms. The molecule has 6 aromatic heterocycles. The van der Waals surface area contributed by atoms with Crippen molar-refractivity contribution in [3.05, 3.63) is 309 Å². The maximum Gasteiger partial charge on any atom is 0.145 e. The SMILES string of the molecule is c1ccc2c(c1)nc(-c1cc(-c3nc4ccccc4n3-c3ccc(-n4c5ccccc5c5ccccc54)cc3)cc(-c3nc4ccccc4n3-c3ccc(-n4c5ccccc5c5ccccc54)cc3)c1)n2-c1ccc(-n2c3ccccc3c3ccccc32)cc1. The van der Waals surface area contributed by atoms with Gasteiger partial charge in [0, 0.05) is 83.1 Å². The van der Waals surface area contributed by atoms with E-state index in [0.717, 1.165) is 101 Å². The highest BCUT2D eigenvalue weighted by molar-refractivity contribution is 6.11. The van der Waals surface area contributed by atoms with Gasteiger partial charge in [-0.05, 0) is 164 Å². The molecule has 0 bridgehead atoms. The van der Waals surface area contributed by atoms with Crippen molar-refractivity contribution < 1.29 is 0 Å². The van der Waals surface area contributed by atoms with Crippen molar-refractivity contribution in [2.45, 2.75) is 0 Å². The van der Waals surface area contributed by atoms with E-state index in [1.807, 2.05) is 0 Å². The predicted octanol–water partition coefficient (Wildman–Crippen LogP) is 20.0. The van der Waals surface area contributed by atoms with E-state index < -0.39 is 0 Å². The first-order valence-corrected chi connectivity index (χ1v) is 30.5. The minimum Gasteiger partial charge on any atom is -0.309 e. The smallest absolute Gasteiger partial charge is 0.145 e. The average Bonchev–Trinajstić information content (AvgIpc) is 3.05. The maximum absolute atomic E-state index is 5.58. The van der Waals surface area contributed by atoms with Crippen LogP contribution in [0.1, 0.15) is 0 Å². The number of nitrogens with zero attached hydrogens (tertiary/aromatic N) is 9. The second-order valence-electron chi connectivity index (χ2n) is 23.2. The molecule has 13 aromatic carbocycles. The lowest BCUT2D eigenvalue weighted by Gasteiger charge is -2.16. The van der Waals surface area contributed by atoms with Gasteiger partial charge in [0.2, 0.25) is 0 Å². The Morgan fingerprint density at radius 2 is 0.344 bits per heavy atom. The second kappa shape index (κ2) is 19.6. The van der Waals surface area contributed by atoms with Crippen molar-refractivity contribution in [3.8, 4) is 68.3 Å². The van der Waals surface area contributed by atoms with Crippen LogP contribution in [0.25, 0.3) is 167 Å². The molecule has 0 spiro atoms. The van der Waals surface area contributed by atoms with Gasteiger partial charge in [-0.25, -0.2) is 15.0 Å². The van der Waals surface area contributed by atoms with Crippen LogP contribution in [-0.4, -0.2) is 42.4 Å². The fourth-order valence-electron chi connectivity index (χ4n) is 14.3. The van der Waals surface area contributed by atoms with E-state index in [9.17, 15) is 0 Å². The summed E-state index contributed by atoms with van der Waals surface area (Å²) in [7, 11) is 0. The van der Waals surface area contributed by atoms with Crippen LogP contribution in [0.3, 0.4) is 0 Å². The van der Waals surface area contributed by atoms with E-state index >= 15 is 0 Å². The first-order valence-electron chi connectivity index (χ1n) is 30.5. The van der Waals surface area contributed by atoms with Crippen molar-refractivity contribution in [1.82, 2.24) is 42.4 Å². The number of imidazole rings is 3. The minimum atomic E-state index is 0.792. The Labute approximate surface area is 515 Å². The lowest BCUT2D eigenvalue weighted by Crippen LogP contribution is -2.03. The zero-order valence-electron chi connectivity index (χ0n) is 48.5. The quantitative estimate of drug-likeness (QED) is 0.145. The molecule has 9 nitrogen and oxygen atoms in total. The van der Waals surface area contributed by atoms with Crippen LogP contribution in [-0.2, 0) is 0 Å². The molecule has 0 atom stereocenters. The third kappa shape index (κ3) is 7.53. The Morgan fingerprint density at radius 3 is 0.567 bits per heavy atom. The van der Waals surface area contributed by atoms with Crippen LogP contribution >= 0.6 is 0 Å². The lowest BCUT2D eigenvalue weighted by atomic mass is 10.0. The summed E-state index contributed by atoms with van der Waals surface area (Å²) in [5.41, 5.74) is 21.6. The van der Waals surface area contributed by atoms with E-state index in [1.165, 1.54) is 65.4 Å². The molecule has 0 saturated heterocycles. The standard InChI is InChI=1S/C81H51N9/c1-10-28-70-61(19-1)62-20-2-11-29-71(62)85(70)55-37-43-58(44-38-55)88-76-34-16-7-25-67(76)82-79(88)52-49-53(80-83-68-26-8-17-35-77(68)89(80)59-45-39-56(40-46-59)86-72-30-12-3-21-63(72)64-22-4-13-31-73(64)86)51-54(50-52)81-84-69-27-9-18-36-78(69)90(81)60-47-41-57(42-48-60)87-74-32-14-5-23-65(74)66-24-6-15-33-75(66)87/h1-51H. The van der Waals surface area contributed by atoms with Gasteiger partial charge in [0.15, 0.2) is 0 Å². The predicted molar refractivity (Wildman–Crippen MR) is 370 cm³/mol. The van der Waals surface area contributed by atoms with Crippen LogP contribution in [0.2, 0.25) is 0 Å². The summed E-state index contributed by atoms with van der Waals surface area (Å²) in [6, 6.07) is 111. The molecule has 19 rings (SSSR count). The average molecular weight is 1150 g/mol. The van der Waals surface area contributed by atoms with Crippen molar-refractivity contribution in [2.75, 3.05) is 0 Å². The molecule has 0 fully saturated rings. The summed E-state index contributed by atoms with van der Waals surface area (Å²) in [4.78, 5) is 16.7. The van der Waals surface area contributed by atoms with Gasteiger partial charge in [0.25, 0.3) is 0 Å². The Balaban J connectivity index is 0.822.